The molecule has 0 atom stereocenters. The van der Waals surface area contributed by atoms with Gasteiger partial charge in [-0.2, -0.15) is 5.10 Å². The summed E-state index contributed by atoms with van der Waals surface area (Å²) in [6, 6.07) is 1.16. The average molecular weight is 444 g/mol. The average Bonchev–Trinajstić information content (AvgIpc) is 3.43. The Bertz CT molecular complexity index is 1230. The lowest BCUT2D eigenvalue weighted by Gasteiger charge is -2.17. The predicted molar refractivity (Wildman–Crippen MR) is 114 cm³/mol. The lowest BCUT2D eigenvalue weighted by atomic mass is 10.00. The molecule has 0 unspecified atom stereocenters. The third-order valence-electron chi connectivity index (χ3n) is 4.67. The van der Waals surface area contributed by atoms with Crippen molar-refractivity contribution in [1.29, 1.82) is 0 Å². The molecule has 0 radical (unpaired) electrons. The minimum absolute atomic E-state index is 0.0198. The molecular weight excluding hydrogens is 424 g/mol. The molecule has 10 nitrogen and oxygen atoms in total. The first-order valence-corrected chi connectivity index (χ1v) is 10.3. The van der Waals surface area contributed by atoms with Crippen LogP contribution in [-0.4, -0.2) is 42.5 Å². The molecule has 1 aliphatic rings. The van der Waals surface area contributed by atoms with Gasteiger partial charge in [0, 0.05) is 28.8 Å². The fraction of sp³-hybridized carbons (Fsp3) is 0.300. The van der Waals surface area contributed by atoms with Crippen LogP contribution in [0.25, 0.3) is 4.96 Å². The second-order valence-corrected chi connectivity index (χ2v) is 7.38. The van der Waals surface area contributed by atoms with E-state index in [1.54, 1.807) is 18.7 Å². The van der Waals surface area contributed by atoms with Crippen molar-refractivity contribution < 1.29 is 23.7 Å². The highest BCUT2D eigenvalue weighted by Crippen LogP contribution is 2.51. The maximum atomic E-state index is 12.5. The zero-order valence-electron chi connectivity index (χ0n) is 17.1. The summed E-state index contributed by atoms with van der Waals surface area (Å²) in [6.07, 6.45) is 4.56. The second-order valence-electron chi connectivity index (χ2n) is 6.51. The fourth-order valence-corrected chi connectivity index (χ4v) is 4.08. The van der Waals surface area contributed by atoms with Gasteiger partial charge < -0.3 is 18.9 Å². The Morgan fingerprint density at radius 1 is 1.32 bits per heavy atom. The molecule has 1 aliphatic heterocycles. The number of hydrogen-bond acceptors (Lipinski definition) is 9. The van der Waals surface area contributed by atoms with Crippen molar-refractivity contribution in [2.24, 2.45) is 5.10 Å². The molecule has 3 aromatic rings. The van der Waals surface area contributed by atoms with E-state index in [1.165, 1.54) is 29.1 Å². The van der Waals surface area contributed by atoms with Crippen LogP contribution < -0.4 is 29.9 Å². The predicted octanol–water partition coefficient (Wildman–Crippen LogP) is 2.22. The maximum Gasteiger partial charge on any atom is 0.290 e. The molecule has 0 saturated heterocycles. The third-order valence-corrected chi connectivity index (χ3v) is 5.43. The quantitative estimate of drug-likeness (QED) is 0.439. The van der Waals surface area contributed by atoms with Gasteiger partial charge in [-0.15, -0.1) is 11.3 Å². The SMILES string of the molecule is CCCc1c(C=NNC(=O)c2cc(=O)n3ccsc3n2)c(OC)c2c(c1OC)OCO2. The molecule has 4 rings (SSSR count). The molecule has 3 heterocycles. The summed E-state index contributed by atoms with van der Waals surface area (Å²) in [7, 11) is 3.07. The number of methoxy groups -OCH3 is 2. The van der Waals surface area contributed by atoms with Gasteiger partial charge in [0.05, 0.1) is 20.4 Å². The third kappa shape index (κ3) is 3.67. The van der Waals surface area contributed by atoms with E-state index in [0.717, 1.165) is 18.1 Å². The number of thiazole rings is 1. The number of benzene rings is 1. The van der Waals surface area contributed by atoms with Crippen LogP contribution in [0.1, 0.15) is 35.0 Å². The fourth-order valence-electron chi connectivity index (χ4n) is 3.36. The summed E-state index contributed by atoms with van der Waals surface area (Å²) in [5.41, 5.74) is 3.48. The van der Waals surface area contributed by atoms with Crippen LogP contribution in [0, 0.1) is 0 Å². The first kappa shape index (κ1) is 20.7. The highest BCUT2D eigenvalue weighted by molar-refractivity contribution is 7.15. The van der Waals surface area contributed by atoms with E-state index in [2.05, 4.69) is 15.5 Å². The normalized spacial score (nSPS) is 12.5. The summed E-state index contributed by atoms with van der Waals surface area (Å²) in [5, 5.41) is 5.79. The summed E-state index contributed by atoms with van der Waals surface area (Å²) in [4.78, 5) is 29.2. The zero-order chi connectivity index (χ0) is 22.0. The number of rotatable bonds is 7. The minimum atomic E-state index is -0.604. The van der Waals surface area contributed by atoms with Gasteiger partial charge in [-0.1, -0.05) is 13.3 Å². The Balaban J connectivity index is 1.67. The highest BCUT2D eigenvalue weighted by Gasteiger charge is 2.30. The number of fused-ring (bicyclic) bond motifs is 2. The van der Waals surface area contributed by atoms with Crippen molar-refractivity contribution in [2.75, 3.05) is 21.0 Å². The summed E-state index contributed by atoms with van der Waals surface area (Å²) in [6.45, 7) is 2.08. The van der Waals surface area contributed by atoms with Crippen LogP contribution in [0.4, 0.5) is 0 Å². The molecule has 31 heavy (non-hydrogen) atoms. The first-order chi connectivity index (χ1) is 15.1. The lowest BCUT2D eigenvalue weighted by Crippen LogP contribution is -2.23. The summed E-state index contributed by atoms with van der Waals surface area (Å²) < 4.78 is 23.6. The van der Waals surface area contributed by atoms with Gasteiger partial charge in [0.2, 0.25) is 18.3 Å². The van der Waals surface area contributed by atoms with Gasteiger partial charge >= 0.3 is 0 Å². The van der Waals surface area contributed by atoms with Gasteiger partial charge in [0.15, 0.2) is 16.5 Å². The van der Waals surface area contributed by atoms with Crippen LogP contribution in [-0.2, 0) is 6.42 Å². The van der Waals surface area contributed by atoms with E-state index in [4.69, 9.17) is 18.9 Å². The molecule has 0 spiro atoms. The largest absolute Gasteiger partial charge is 0.492 e. The zero-order valence-corrected chi connectivity index (χ0v) is 17.9. The highest BCUT2D eigenvalue weighted by atomic mass is 32.1. The van der Waals surface area contributed by atoms with Crippen molar-refractivity contribution in [1.82, 2.24) is 14.8 Å². The molecular formula is C20H20N4O6S. The number of ether oxygens (including phenoxy) is 4. The van der Waals surface area contributed by atoms with Gasteiger partial charge in [-0.05, 0) is 6.42 Å². The van der Waals surface area contributed by atoms with Crippen molar-refractivity contribution in [2.45, 2.75) is 19.8 Å². The molecule has 1 amide bonds. The summed E-state index contributed by atoms with van der Waals surface area (Å²) in [5.74, 6) is 1.28. The number of amides is 1. The van der Waals surface area contributed by atoms with Gasteiger partial charge in [0.25, 0.3) is 11.5 Å². The monoisotopic (exact) mass is 444 g/mol. The molecule has 2 aromatic heterocycles. The van der Waals surface area contributed by atoms with Gasteiger partial charge in [-0.25, -0.2) is 10.4 Å². The van der Waals surface area contributed by atoms with E-state index < -0.39 is 5.91 Å². The van der Waals surface area contributed by atoms with E-state index in [-0.39, 0.29) is 18.0 Å². The van der Waals surface area contributed by atoms with Crippen LogP contribution in [0.3, 0.4) is 0 Å². The Morgan fingerprint density at radius 2 is 2.06 bits per heavy atom. The topological polar surface area (TPSA) is 113 Å². The van der Waals surface area contributed by atoms with Crippen molar-refractivity contribution in [3.05, 3.63) is 44.8 Å². The van der Waals surface area contributed by atoms with Gasteiger partial charge in [0.1, 0.15) is 5.69 Å². The van der Waals surface area contributed by atoms with E-state index >= 15 is 0 Å². The molecule has 11 heteroatoms. The minimum Gasteiger partial charge on any atom is -0.492 e. The smallest absolute Gasteiger partial charge is 0.290 e. The van der Waals surface area contributed by atoms with E-state index in [0.29, 0.717) is 39.9 Å². The molecule has 162 valence electrons. The molecule has 1 N–H and O–H groups in total. The molecule has 0 aliphatic carbocycles. The lowest BCUT2D eigenvalue weighted by molar-refractivity contribution is 0.0950. The second kappa shape index (κ2) is 8.64. The number of carbonyl (C=O) groups excluding carboxylic acids is 1. The molecule has 0 saturated carbocycles. The Hall–Kier alpha value is -3.60. The van der Waals surface area contributed by atoms with E-state index in [1.807, 2.05) is 6.92 Å². The van der Waals surface area contributed by atoms with Crippen LogP contribution in [0.15, 0.2) is 27.5 Å². The summed E-state index contributed by atoms with van der Waals surface area (Å²) >= 11 is 1.26. The molecule has 1 aromatic carbocycles. The van der Waals surface area contributed by atoms with Crippen LogP contribution in [0.5, 0.6) is 23.0 Å². The first-order valence-electron chi connectivity index (χ1n) is 9.45. The number of hydrogen-bond donors (Lipinski definition) is 1. The Morgan fingerprint density at radius 3 is 2.77 bits per heavy atom. The van der Waals surface area contributed by atoms with Crippen molar-refractivity contribution in [3.63, 3.8) is 0 Å². The Kier molecular flexibility index (Phi) is 5.76. The number of nitrogens with zero attached hydrogens (tertiary/aromatic N) is 3. The maximum absolute atomic E-state index is 12.5. The van der Waals surface area contributed by atoms with E-state index in [9.17, 15) is 9.59 Å². The standard InChI is InChI=1S/C20H20N4O6S/c1-4-5-11-12(16(28-3)18-17(15(11)27-2)29-10-30-18)9-21-23-19(26)13-8-14(25)24-6-7-31-20(24)22-13/h6-9H,4-5,10H2,1-3H3,(H,23,26). The number of hydrazone groups is 1. The molecule has 0 bridgehead atoms. The van der Waals surface area contributed by atoms with Crippen LogP contribution in [0.2, 0.25) is 0 Å². The van der Waals surface area contributed by atoms with Crippen LogP contribution >= 0.6 is 11.3 Å². The number of nitrogens with one attached hydrogen (secondary N) is 1. The van der Waals surface area contributed by atoms with Gasteiger partial charge in [-0.3, -0.25) is 14.0 Å². The Labute approximate surface area is 181 Å². The van der Waals surface area contributed by atoms with Crippen molar-refractivity contribution in [3.8, 4) is 23.0 Å². The number of aromatic nitrogens is 2. The number of carbonyl (C=O) groups is 1. The van der Waals surface area contributed by atoms with Crippen molar-refractivity contribution >= 4 is 28.4 Å². The molecule has 0 fully saturated rings.